The van der Waals surface area contributed by atoms with Crippen molar-refractivity contribution in [1.29, 1.82) is 0 Å². The summed E-state index contributed by atoms with van der Waals surface area (Å²) >= 11 is 0. The molecule has 1 fully saturated rings. The Balaban J connectivity index is 1.65. The third kappa shape index (κ3) is 4.35. The molecule has 0 amide bonds. The van der Waals surface area contributed by atoms with Crippen LogP contribution in [0.2, 0.25) is 0 Å². The minimum atomic E-state index is -3.57. The Bertz CT molecular complexity index is 844. The fraction of sp³-hybridized carbons (Fsp3) is 0.368. The van der Waals surface area contributed by atoms with Crippen molar-refractivity contribution in [2.45, 2.75) is 18.4 Å². The van der Waals surface area contributed by atoms with Gasteiger partial charge < -0.3 is 14.4 Å². The van der Waals surface area contributed by atoms with Crippen molar-refractivity contribution < 1.29 is 17.9 Å². The predicted octanol–water partition coefficient (Wildman–Crippen LogP) is 2.32. The minimum Gasteiger partial charge on any atom is -0.496 e. The summed E-state index contributed by atoms with van der Waals surface area (Å²) in [4.78, 5) is 2.50. The van der Waals surface area contributed by atoms with Crippen LogP contribution < -0.4 is 14.4 Å². The third-order valence-corrected chi connectivity index (χ3v) is 5.85. The van der Waals surface area contributed by atoms with Gasteiger partial charge in [-0.15, -0.1) is 0 Å². The average molecular weight is 376 g/mol. The Labute approximate surface area is 154 Å². The number of methoxy groups -OCH3 is 1. The molecule has 6 nitrogen and oxygen atoms in total. The van der Waals surface area contributed by atoms with Crippen molar-refractivity contribution in [2.24, 2.45) is 0 Å². The molecule has 1 aliphatic rings. The van der Waals surface area contributed by atoms with Crippen LogP contribution in [0.4, 0.5) is 5.69 Å². The lowest BCUT2D eigenvalue weighted by Gasteiger charge is -2.28. The first kappa shape index (κ1) is 18.7. The fourth-order valence-corrected chi connectivity index (χ4v) is 4.03. The molecule has 7 heteroatoms. The van der Waals surface area contributed by atoms with Crippen LogP contribution in [-0.2, 0) is 21.3 Å². The second-order valence-electron chi connectivity index (χ2n) is 6.22. The van der Waals surface area contributed by atoms with Crippen LogP contribution in [0.15, 0.2) is 47.4 Å². The quantitative estimate of drug-likeness (QED) is 0.838. The van der Waals surface area contributed by atoms with Crippen molar-refractivity contribution in [2.75, 3.05) is 38.3 Å². The SMILES string of the molecule is COc1ccc(S(=O)(=O)NCc2ccc(N3CCOCC3)cc2)cc1C. The number of anilines is 1. The summed E-state index contributed by atoms with van der Waals surface area (Å²) in [6.45, 7) is 5.30. The van der Waals surface area contributed by atoms with Gasteiger partial charge in [0.2, 0.25) is 10.0 Å². The van der Waals surface area contributed by atoms with Crippen molar-refractivity contribution in [1.82, 2.24) is 4.72 Å². The van der Waals surface area contributed by atoms with E-state index >= 15 is 0 Å². The largest absolute Gasteiger partial charge is 0.496 e. The summed E-state index contributed by atoms with van der Waals surface area (Å²) < 4.78 is 38.2. The van der Waals surface area contributed by atoms with E-state index in [0.717, 1.165) is 43.1 Å². The molecule has 0 unspecified atom stereocenters. The van der Waals surface area contributed by atoms with E-state index in [9.17, 15) is 8.42 Å². The van der Waals surface area contributed by atoms with Gasteiger partial charge in [0, 0.05) is 25.3 Å². The zero-order chi connectivity index (χ0) is 18.6. The lowest BCUT2D eigenvalue weighted by molar-refractivity contribution is 0.122. The summed E-state index contributed by atoms with van der Waals surface area (Å²) in [5.74, 6) is 0.669. The number of nitrogens with one attached hydrogen (secondary N) is 1. The third-order valence-electron chi connectivity index (χ3n) is 4.46. The molecule has 140 valence electrons. The first-order valence-electron chi connectivity index (χ1n) is 8.55. The molecule has 26 heavy (non-hydrogen) atoms. The molecule has 3 rings (SSSR count). The van der Waals surface area contributed by atoms with E-state index in [0.29, 0.717) is 5.75 Å². The number of sulfonamides is 1. The monoisotopic (exact) mass is 376 g/mol. The molecule has 1 N–H and O–H groups in total. The van der Waals surface area contributed by atoms with Crippen LogP contribution in [0.1, 0.15) is 11.1 Å². The number of nitrogens with zero attached hydrogens (tertiary/aromatic N) is 1. The van der Waals surface area contributed by atoms with Crippen LogP contribution in [0.5, 0.6) is 5.75 Å². The van der Waals surface area contributed by atoms with Gasteiger partial charge in [0.1, 0.15) is 5.75 Å². The number of ether oxygens (including phenoxy) is 2. The molecular formula is C19H24N2O4S. The predicted molar refractivity (Wildman–Crippen MR) is 101 cm³/mol. The molecule has 1 aliphatic heterocycles. The zero-order valence-electron chi connectivity index (χ0n) is 15.1. The summed E-state index contributed by atoms with van der Waals surface area (Å²) in [6.07, 6.45) is 0. The standard InChI is InChI=1S/C19H24N2O4S/c1-15-13-18(7-8-19(15)24-2)26(22,23)20-14-16-3-5-17(6-4-16)21-9-11-25-12-10-21/h3-8,13,20H,9-12,14H2,1-2H3. The van der Waals surface area contributed by atoms with Gasteiger partial charge in [-0.1, -0.05) is 12.1 Å². The summed E-state index contributed by atoms with van der Waals surface area (Å²) in [6, 6.07) is 12.8. The highest BCUT2D eigenvalue weighted by atomic mass is 32.2. The first-order valence-corrected chi connectivity index (χ1v) is 10.0. The topological polar surface area (TPSA) is 67.9 Å². The second-order valence-corrected chi connectivity index (χ2v) is 7.99. The van der Waals surface area contributed by atoms with E-state index in [1.165, 1.54) is 0 Å². The molecule has 0 saturated carbocycles. The van der Waals surface area contributed by atoms with E-state index in [1.54, 1.807) is 25.3 Å². The van der Waals surface area contributed by atoms with Gasteiger partial charge in [-0.2, -0.15) is 0 Å². The Morgan fingerprint density at radius 2 is 1.81 bits per heavy atom. The summed E-state index contributed by atoms with van der Waals surface area (Å²) in [5, 5.41) is 0. The van der Waals surface area contributed by atoms with Gasteiger partial charge in [0.25, 0.3) is 0 Å². The highest BCUT2D eigenvalue weighted by Gasteiger charge is 2.16. The van der Waals surface area contributed by atoms with Gasteiger partial charge in [0.05, 0.1) is 25.2 Å². The number of morpholine rings is 1. The summed E-state index contributed by atoms with van der Waals surface area (Å²) in [7, 11) is -2.00. The Morgan fingerprint density at radius 1 is 1.12 bits per heavy atom. The minimum absolute atomic E-state index is 0.237. The van der Waals surface area contributed by atoms with Crippen LogP contribution in [-0.4, -0.2) is 41.8 Å². The van der Waals surface area contributed by atoms with E-state index in [1.807, 2.05) is 31.2 Å². The molecule has 2 aromatic rings. The van der Waals surface area contributed by atoms with Gasteiger partial charge >= 0.3 is 0 Å². The van der Waals surface area contributed by atoms with Crippen molar-refractivity contribution in [3.05, 3.63) is 53.6 Å². The first-order chi connectivity index (χ1) is 12.5. The molecule has 1 saturated heterocycles. The highest BCUT2D eigenvalue weighted by Crippen LogP contribution is 2.22. The van der Waals surface area contributed by atoms with Crippen molar-refractivity contribution in [3.8, 4) is 5.75 Å². The molecule has 0 aliphatic carbocycles. The normalized spacial score (nSPS) is 15.1. The summed E-state index contributed by atoms with van der Waals surface area (Å²) in [5.41, 5.74) is 2.83. The van der Waals surface area contributed by atoms with Gasteiger partial charge in [0.15, 0.2) is 0 Å². The van der Waals surface area contributed by atoms with Crippen LogP contribution in [0.25, 0.3) is 0 Å². The number of benzene rings is 2. The number of hydrogen-bond acceptors (Lipinski definition) is 5. The van der Waals surface area contributed by atoms with E-state index < -0.39 is 10.0 Å². The smallest absolute Gasteiger partial charge is 0.240 e. The molecule has 1 heterocycles. The number of rotatable bonds is 6. The molecule has 2 aromatic carbocycles. The van der Waals surface area contributed by atoms with Gasteiger partial charge in [-0.3, -0.25) is 0 Å². The Morgan fingerprint density at radius 3 is 2.42 bits per heavy atom. The van der Waals surface area contributed by atoms with Crippen LogP contribution in [0.3, 0.4) is 0 Å². The molecule has 0 atom stereocenters. The fourth-order valence-electron chi connectivity index (χ4n) is 2.93. The van der Waals surface area contributed by atoms with E-state index in [4.69, 9.17) is 9.47 Å². The average Bonchev–Trinajstić information content (AvgIpc) is 2.67. The number of aryl methyl sites for hydroxylation is 1. The molecule has 0 spiro atoms. The number of hydrogen-bond donors (Lipinski definition) is 1. The van der Waals surface area contributed by atoms with Crippen molar-refractivity contribution in [3.63, 3.8) is 0 Å². The molecular weight excluding hydrogens is 352 g/mol. The Hall–Kier alpha value is -2.09. The maximum Gasteiger partial charge on any atom is 0.240 e. The molecule has 0 radical (unpaired) electrons. The lowest BCUT2D eigenvalue weighted by Crippen LogP contribution is -2.36. The molecule has 0 bridgehead atoms. The van der Waals surface area contributed by atoms with Crippen LogP contribution in [0, 0.1) is 6.92 Å². The van der Waals surface area contributed by atoms with E-state index in [2.05, 4.69) is 9.62 Å². The molecule has 0 aromatic heterocycles. The highest BCUT2D eigenvalue weighted by molar-refractivity contribution is 7.89. The van der Waals surface area contributed by atoms with Crippen LogP contribution >= 0.6 is 0 Å². The maximum absolute atomic E-state index is 12.5. The Kier molecular flexibility index (Phi) is 5.80. The van der Waals surface area contributed by atoms with Crippen molar-refractivity contribution >= 4 is 15.7 Å². The maximum atomic E-state index is 12.5. The lowest BCUT2D eigenvalue weighted by atomic mass is 10.2. The zero-order valence-corrected chi connectivity index (χ0v) is 15.9. The van der Waals surface area contributed by atoms with Gasteiger partial charge in [-0.25, -0.2) is 13.1 Å². The van der Waals surface area contributed by atoms with E-state index in [-0.39, 0.29) is 11.4 Å². The van der Waals surface area contributed by atoms with Gasteiger partial charge in [-0.05, 0) is 48.4 Å². The second kappa shape index (κ2) is 8.07.